The molecule has 0 saturated heterocycles. The summed E-state index contributed by atoms with van der Waals surface area (Å²) >= 11 is 0. The second-order valence-corrected chi connectivity index (χ2v) is 4.81. The minimum Gasteiger partial charge on any atom is -0.327 e. The summed E-state index contributed by atoms with van der Waals surface area (Å²) < 4.78 is 1.90. The standard InChI is InChI=1S/C12H24N4/c1-10-8-12(14-16(10)4)9-11(13)6-5-7-15(2)3/h8,11H,5-7,9,13H2,1-4H3. The van der Waals surface area contributed by atoms with Crippen LogP contribution in [0.5, 0.6) is 0 Å². The molecule has 1 aromatic rings. The van der Waals surface area contributed by atoms with Crippen LogP contribution in [0.1, 0.15) is 24.2 Å². The van der Waals surface area contributed by atoms with Gasteiger partial charge in [-0.05, 0) is 46.5 Å². The molecule has 0 fully saturated rings. The largest absolute Gasteiger partial charge is 0.327 e. The molecule has 0 radical (unpaired) electrons. The third-order valence-electron chi connectivity index (χ3n) is 2.82. The minimum absolute atomic E-state index is 0.231. The zero-order valence-electron chi connectivity index (χ0n) is 10.9. The summed E-state index contributed by atoms with van der Waals surface area (Å²) in [5.74, 6) is 0. The van der Waals surface area contributed by atoms with Crippen molar-refractivity contribution in [2.75, 3.05) is 20.6 Å². The Morgan fingerprint density at radius 1 is 1.50 bits per heavy atom. The Morgan fingerprint density at radius 2 is 2.19 bits per heavy atom. The van der Waals surface area contributed by atoms with E-state index in [0.717, 1.165) is 31.5 Å². The Morgan fingerprint density at radius 3 is 2.69 bits per heavy atom. The Labute approximate surface area is 98.4 Å². The first-order valence-corrected chi connectivity index (χ1v) is 5.89. The summed E-state index contributed by atoms with van der Waals surface area (Å²) in [6, 6.07) is 2.35. The maximum absolute atomic E-state index is 6.08. The molecule has 0 aliphatic carbocycles. The summed E-state index contributed by atoms with van der Waals surface area (Å²) in [4.78, 5) is 2.19. The molecule has 0 aliphatic rings. The van der Waals surface area contributed by atoms with Gasteiger partial charge < -0.3 is 10.6 Å². The van der Waals surface area contributed by atoms with Gasteiger partial charge in [0.1, 0.15) is 0 Å². The van der Waals surface area contributed by atoms with Crippen molar-refractivity contribution in [3.63, 3.8) is 0 Å². The fourth-order valence-corrected chi connectivity index (χ4v) is 1.78. The van der Waals surface area contributed by atoms with Crippen molar-refractivity contribution in [2.45, 2.75) is 32.2 Å². The van der Waals surface area contributed by atoms with Gasteiger partial charge in [0, 0.05) is 25.2 Å². The van der Waals surface area contributed by atoms with E-state index in [1.165, 1.54) is 5.69 Å². The van der Waals surface area contributed by atoms with Gasteiger partial charge in [0.2, 0.25) is 0 Å². The zero-order chi connectivity index (χ0) is 12.1. The number of nitrogens with two attached hydrogens (primary N) is 1. The van der Waals surface area contributed by atoms with Gasteiger partial charge in [0.15, 0.2) is 0 Å². The van der Waals surface area contributed by atoms with Crippen molar-refractivity contribution in [1.82, 2.24) is 14.7 Å². The Bertz CT molecular complexity index is 297. The van der Waals surface area contributed by atoms with Gasteiger partial charge in [-0.3, -0.25) is 4.68 Å². The smallest absolute Gasteiger partial charge is 0.0642 e. The van der Waals surface area contributed by atoms with Gasteiger partial charge >= 0.3 is 0 Å². The van der Waals surface area contributed by atoms with E-state index in [-0.39, 0.29) is 6.04 Å². The summed E-state index contributed by atoms with van der Waals surface area (Å²) in [6.07, 6.45) is 3.10. The van der Waals surface area contributed by atoms with Crippen LogP contribution in [0.25, 0.3) is 0 Å². The minimum atomic E-state index is 0.231. The molecule has 0 saturated carbocycles. The number of aromatic nitrogens is 2. The highest BCUT2D eigenvalue weighted by Gasteiger charge is 2.07. The van der Waals surface area contributed by atoms with Crippen LogP contribution in [0, 0.1) is 6.92 Å². The highest BCUT2D eigenvalue weighted by Crippen LogP contribution is 2.06. The van der Waals surface area contributed by atoms with Gasteiger partial charge in [-0.15, -0.1) is 0 Å². The van der Waals surface area contributed by atoms with Crippen molar-refractivity contribution >= 4 is 0 Å². The third kappa shape index (κ3) is 4.33. The van der Waals surface area contributed by atoms with Crippen molar-refractivity contribution in [3.8, 4) is 0 Å². The molecule has 1 aromatic heterocycles. The van der Waals surface area contributed by atoms with Crippen LogP contribution in [-0.2, 0) is 13.5 Å². The van der Waals surface area contributed by atoms with E-state index in [1.807, 2.05) is 11.7 Å². The lowest BCUT2D eigenvalue weighted by Gasteiger charge is -2.12. The van der Waals surface area contributed by atoms with Crippen LogP contribution < -0.4 is 5.73 Å². The molecule has 0 spiro atoms. The molecule has 1 unspecified atom stereocenters. The maximum Gasteiger partial charge on any atom is 0.0642 e. The van der Waals surface area contributed by atoms with Crippen LogP contribution >= 0.6 is 0 Å². The van der Waals surface area contributed by atoms with Crippen LogP contribution in [0.4, 0.5) is 0 Å². The Balaban J connectivity index is 2.31. The van der Waals surface area contributed by atoms with E-state index in [1.54, 1.807) is 0 Å². The normalized spacial score (nSPS) is 13.4. The lowest BCUT2D eigenvalue weighted by atomic mass is 10.1. The molecule has 4 heteroatoms. The first-order chi connectivity index (χ1) is 7.49. The second kappa shape index (κ2) is 6.01. The number of nitrogens with zero attached hydrogens (tertiary/aromatic N) is 3. The van der Waals surface area contributed by atoms with Crippen molar-refractivity contribution in [3.05, 3.63) is 17.5 Å². The average molecular weight is 224 g/mol. The van der Waals surface area contributed by atoms with Crippen LogP contribution in [0.3, 0.4) is 0 Å². The van der Waals surface area contributed by atoms with Gasteiger partial charge in [0.05, 0.1) is 5.69 Å². The molecule has 1 rings (SSSR count). The van der Waals surface area contributed by atoms with Crippen molar-refractivity contribution in [2.24, 2.45) is 12.8 Å². The molecule has 16 heavy (non-hydrogen) atoms. The number of hydrogen-bond acceptors (Lipinski definition) is 3. The van der Waals surface area contributed by atoms with E-state index in [4.69, 9.17) is 5.73 Å². The first kappa shape index (κ1) is 13.2. The van der Waals surface area contributed by atoms with Crippen molar-refractivity contribution in [1.29, 1.82) is 0 Å². The molecule has 0 aromatic carbocycles. The molecule has 2 N–H and O–H groups in total. The fraction of sp³-hybridized carbons (Fsp3) is 0.750. The van der Waals surface area contributed by atoms with E-state index in [0.29, 0.717) is 0 Å². The third-order valence-corrected chi connectivity index (χ3v) is 2.82. The van der Waals surface area contributed by atoms with Crippen molar-refractivity contribution < 1.29 is 0 Å². The number of aryl methyl sites for hydroxylation is 2. The first-order valence-electron chi connectivity index (χ1n) is 5.89. The summed E-state index contributed by atoms with van der Waals surface area (Å²) in [5.41, 5.74) is 8.38. The van der Waals surface area contributed by atoms with E-state index < -0.39 is 0 Å². The summed E-state index contributed by atoms with van der Waals surface area (Å²) in [5, 5.41) is 4.42. The van der Waals surface area contributed by atoms with E-state index in [2.05, 4.69) is 37.1 Å². The molecule has 0 amide bonds. The molecule has 0 bridgehead atoms. The highest BCUT2D eigenvalue weighted by atomic mass is 15.3. The number of hydrogen-bond donors (Lipinski definition) is 1. The predicted molar refractivity (Wildman–Crippen MR) is 67.4 cm³/mol. The lowest BCUT2D eigenvalue weighted by Crippen LogP contribution is -2.25. The molecule has 1 atom stereocenters. The molecular weight excluding hydrogens is 200 g/mol. The van der Waals surface area contributed by atoms with E-state index in [9.17, 15) is 0 Å². The Hall–Kier alpha value is -0.870. The lowest BCUT2D eigenvalue weighted by molar-refractivity contribution is 0.383. The van der Waals surface area contributed by atoms with Gasteiger partial charge in [0.25, 0.3) is 0 Å². The molecule has 4 nitrogen and oxygen atoms in total. The van der Waals surface area contributed by atoms with Crippen LogP contribution in [0.15, 0.2) is 6.07 Å². The van der Waals surface area contributed by atoms with Gasteiger partial charge in [-0.2, -0.15) is 5.10 Å². The maximum atomic E-state index is 6.08. The summed E-state index contributed by atoms with van der Waals surface area (Å²) in [7, 11) is 6.15. The molecule has 92 valence electrons. The Kier molecular flexibility index (Phi) is 4.96. The van der Waals surface area contributed by atoms with E-state index >= 15 is 0 Å². The van der Waals surface area contributed by atoms with Crippen LogP contribution in [0.2, 0.25) is 0 Å². The topological polar surface area (TPSA) is 47.1 Å². The van der Waals surface area contributed by atoms with Gasteiger partial charge in [-0.25, -0.2) is 0 Å². The predicted octanol–water partition coefficient (Wildman–Crippen LogP) is 0.940. The quantitative estimate of drug-likeness (QED) is 0.782. The molecular formula is C12H24N4. The fourth-order valence-electron chi connectivity index (χ4n) is 1.78. The SMILES string of the molecule is Cc1cc(CC(N)CCCN(C)C)nn1C. The second-order valence-electron chi connectivity index (χ2n) is 4.81. The summed E-state index contributed by atoms with van der Waals surface area (Å²) in [6.45, 7) is 3.17. The molecule has 1 heterocycles. The molecule has 0 aliphatic heterocycles. The zero-order valence-corrected chi connectivity index (χ0v) is 10.9. The van der Waals surface area contributed by atoms with Gasteiger partial charge in [-0.1, -0.05) is 0 Å². The average Bonchev–Trinajstić information content (AvgIpc) is 2.44. The van der Waals surface area contributed by atoms with Crippen LogP contribution in [-0.4, -0.2) is 41.4 Å². The monoisotopic (exact) mass is 224 g/mol. The number of rotatable bonds is 6. The highest BCUT2D eigenvalue weighted by molar-refractivity contribution is 5.09.